The fourth-order valence-corrected chi connectivity index (χ4v) is 2.57. The second-order valence-electron chi connectivity index (χ2n) is 4.67. The van der Waals surface area contributed by atoms with Gasteiger partial charge in [-0.3, -0.25) is 19.3 Å². The molecule has 0 aromatic rings. The average Bonchev–Trinajstić information content (AvgIpc) is 3.10. The Morgan fingerprint density at radius 2 is 2.00 bits per heavy atom. The number of nitrogens with zero attached hydrogens (tertiary/aromatic N) is 1. The molecule has 2 atom stereocenters. The molecule has 3 N–H and O–H groups in total. The van der Waals surface area contributed by atoms with E-state index in [9.17, 15) is 14.4 Å². The number of aliphatic carboxylic acids is 1. The SMILES string of the molecule is NCC(=O)N1C(=O)CC[C@H](C(=O)O)[C@H]1C1CC1. The lowest BCUT2D eigenvalue weighted by Crippen LogP contribution is -2.56. The van der Waals surface area contributed by atoms with Crippen LogP contribution >= 0.6 is 0 Å². The first kappa shape index (κ1) is 12.0. The molecule has 2 fully saturated rings. The van der Waals surface area contributed by atoms with Gasteiger partial charge in [0.05, 0.1) is 18.5 Å². The van der Waals surface area contributed by atoms with Gasteiger partial charge in [-0.2, -0.15) is 0 Å². The van der Waals surface area contributed by atoms with E-state index in [2.05, 4.69) is 0 Å². The molecule has 0 unspecified atom stereocenters. The van der Waals surface area contributed by atoms with E-state index in [0.717, 1.165) is 17.7 Å². The molecule has 6 heteroatoms. The number of carbonyl (C=O) groups is 3. The maximum Gasteiger partial charge on any atom is 0.308 e. The third-order valence-electron chi connectivity index (χ3n) is 3.51. The van der Waals surface area contributed by atoms with Crippen molar-refractivity contribution < 1.29 is 19.5 Å². The quantitative estimate of drug-likeness (QED) is 0.697. The second kappa shape index (κ2) is 4.44. The summed E-state index contributed by atoms with van der Waals surface area (Å²) >= 11 is 0. The van der Waals surface area contributed by atoms with Crippen LogP contribution in [-0.4, -0.2) is 40.4 Å². The lowest BCUT2D eigenvalue weighted by atomic mass is 9.85. The van der Waals surface area contributed by atoms with Gasteiger partial charge in [0.25, 0.3) is 0 Å². The molecule has 94 valence electrons. The van der Waals surface area contributed by atoms with Crippen LogP contribution in [0.1, 0.15) is 25.7 Å². The molecular weight excluding hydrogens is 224 g/mol. The van der Waals surface area contributed by atoms with Crippen LogP contribution in [0, 0.1) is 11.8 Å². The van der Waals surface area contributed by atoms with Crippen molar-refractivity contribution in [3.05, 3.63) is 0 Å². The number of likely N-dealkylation sites (tertiary alicyclic amines) is 1. The molecule has 1 saturated carbocycles. The first-order chi connectivity index (χ1) is 8.06. The Balaban J connectivity index is 2.27. The van der Waals surface area contributed by atoms with Gasteiger partial charge in [0.1, 0.15) is 0 Å². The summed E-state index contributed by atoms with van der Waals surface area (Å²) < 4.78 is 0. The maximum atomic E-state index is 11.8. The topological polar surface area (TPSA) is 101 Å². The van der Waals surface area contributed by atoms with E-state index in [4.69, 9.17) is 10.8 Å². The number of hydrogen-bond donors (Lipinski definition) is 2. The van der Waals surface area contributed by atoms with Crippen molar-refractivity contribution in [1.29, 1.82) is 0 Å². The van der Waals surface area contributed by atoms with Crippen molar-refractivity contribution in [2.24, 2.45) is 17.6 Å². The van der Waals surface area contributed by atoms with Crippen molar-refractivity contribution in [3.63, 3.8) is 0 Å². The van der Waals surface area contributed by atoms with E-state index in [1.807, 2.05) is 0 Å². The molecule has 1 aliphatic carbocycles. The van der Waals surface area contributed by atoms with E-state index >= 15 is 0 Å². The van der Waals surface area contributed by atoms with Gasteiger partial charge in [-0.15, -0.1) is 0 Å². The summed E-state index contributed by atoms with van der Waals surface area (Å²) in [6.07, 6.45) is 2.21. The summed E-state index contributed by atoms with van der Waals surface area (Å²) in [7, 11) is 0. The van der Waals surface area contributed by atoms with Crippen LogP contribution in [0.25, 0.3) is 0 Å². The molecule has 0 radical (unpaired) electrons. The van der Waals surface area contributed by atoms with E-state index in [1.54, 1.807) is 0 Å². The number of nitrogens with two attached hydrogens (primary N) is 1. The van der Waals surface area contributed by atoms with Crippen LogP contribution in [0.2, 0.25) is 0 Å². The molecule has 6 nitrogen and oxygen atoms in total. The Morgan fingerprint density at radius 3 is 2.47 bits per heavy atom. The molecule has 2 rings (SSSR count). The Bertz CT molecular complexity index is 356. The van der Waals surface area contributed by atoms with Crippen LogP contribution in [0.3, 0.4) is 0 Å². The Kier molecular flexibility index (Phi) is 3.15. The standard InChI is InChI=1S/C11H16N2O4/c12-5-9(15)13-8(14)4-3-7(11(16)17)10(13)6-1-2-6/h6-7,10H,1-5,12H2,(H,16,17)/t7-,10+/m0/s1. The highest BCUT2D eigenvalue weighted by Gasteiger charge is 2.49. The Labute approximate surface area is 98.8 Å². The number of hydrogen-bond acceptors (Lipinski definition) is 4. The van der Waals surface area contributed by atoms with Crippen molar-refractivity contribution in [3.8, 4) is 0 Å². The van der Waals surface area contributed by atoms with E-state index < -0.39 is 23.8 Å². The minimum Gasteiger partial charge on any atom is -0.481 e. The number of piperidine rings is 1. The zero-order valence-corrected chi connectivity index (χ0v) is 9.46. The number of imide groups is 1. The predicted octanol–water partition coefficient (Wildman–Crippen LogP) is -0.427. The predicted molar refractivity (Wildman–Crippen MR) is 57.8 cm³/mol. The van der Waals surface area contributed by atoms with E-state index in [0.29, 0.717) is 6.42 Å². The lowest BCUT2D eigenvalue weighted by molar-refractivity contribution is -0.158. The van der Waals surface area contributed by atoms with Crippen LogP contribution in [0.5, 0.6) is 0 Å². The van der Waals surface area contributed by atoms with Gasteiger partial charge in [0, 0.05) is 6.42 Å². The first-order valence-electron chi connectivity index (χ1n) is 5.84. The zero-order valence-electron chi connectivity index (χ0n) is 9.46. The average molecular weight is 240 g/mol. The third-order valence-corrected chi connectivity index (χ3v) is 3.51. The molecule has 17 heavy (non-hydrogen) atoms. The Morgan fingerprint density at radius 1 is 1.35 bits per heavy atom. The highest BCUT2D eigenvalue weighted by Crippen LogP contribution is 2.42. The van der Waals surface area contributed by atoms with Crippen LogP contribution < -0.4 is 5.73 Å². The molecule has 1 aliphatic heterocycles. The summed E-state index contributed by atoms with van der Waals surface area (Å²) in [6.45, 7) is -0.249. The third kappa shape index (κ3) is 2.17. The van der Waals surface area contributed by atoms with E-state index in [1.165, 1.54) is 0 Å². The van der Waals surface area contributed by atoms with Gasteiger partial charge in [-0.05, 0) is 25.2 Å². The summed E-state index contributed by atoms with van der Waals surface area (Å²) in [5, 5.41) is 9.16. The number of carboxylic acid groups (broad SMARTS) is 1. The first-order valence-corrected chi connectivity index (χ1v) is 5.84. The second-order valence-corrected chi connectivity index (χ2v) is 4.67. The molecule has 0 aromatic heterocycles. The summed E-state index contributed by atoms with van der Waals surface area (Å²) in [4.78, 5) is 35.7. The van der Waals surface area contributed by atoms with Crippen LogP contribution in [0.4, 0.5) is 0 Å². The van der Waals surface area contributed by atoms with Crippen molar-refractivity contribution >= 4 is 17.8 Å². The summed E-state index contributed by atoms with van der Waals surface area (Å²) in [5.41, 5.74) is 5.28. The van der Waals surface area contributed by atoms with Crippen molar-refractivity contribution in [2.75, 3.05) is 6.54 Å². The summed E-state index contributed by atoms with van der Waals surface area (Å²) in [5.74, 6) is -2.15. The van der Waals surface area contributed by atoms with Gasteiger partial charge in [0.15, 0.2) is 0 Å². The minimum absolute atomic E-state index is 0.117. The summed E-state index contributed by atoms with van der Waals surface area (Å²) in [6, 6.07) is -0.482. The lowest BCUT2D eigenvalue weighted by Gasteiger charge is -2.38. The molecule has 0 aromatic carbocycles. The van der Waals surface area contributed by atoms with Gasteiger partial charge in [-0.1, -0.05) is 0 Å². The van der Waals surface area contributed by atoms with Crippen molar-refractivity contribution in [2.45, 2.75) is 31.7 Å². The largest absolute Gasteiger partial charge is 0.481 e. The fourth-order valence-electron chi connectivity index (χ4n) is 2.57. The highest BCUT2D eigenvalue weighted by atomic mass is 16.4. The van der Waals surface area contributed by atoms with Crippen molar-refractivity contribution in [1.82, 2.24) is 4.90 Å². The van der Waals surface area contributed by atoms with Gasteiger partial charge in [-0.25, -0.2) is 0 Å². The maximum absolute atomic E-state index is 11.8. The number of rotatable bonds is 3. The van der Waals surface area contributed by atoms with Gasteiger partial charge < -0.3 is 10.8 Å². The highest BCUT2D eigenvalue weighted by molar-refractivity contribution is 5.98. The molecular formula is C11H16N2O4. The fraction of sp³-hybridized carbons (Fsp3) is 0.727. The van der Waals surface area contributed by atoms with Crippen LogP contribution in [-0.2, 0) is 14.4 Å². The molecule has 1 saturated heterocycles. The zero-order chi connectivity index (χ0) is 12.6. The molecule has 1 heterocycles. The van der Waals surface area contributed by atoms with Crippen LogP contribution in [0.15, 0.2) is 0 Å². The van der Waals surface area contributed by atoms with Gasteiger partial charge in [0.2, 0.25) is 11.8 Å². The minimum atomic E-state index is -0.927. The normalized spacial score (nSPS) is 29.2. The van der Waals surface area contributed by atoms with E-state index in [-0.39, 0.29) is 24.8 Å². The molecule has 2 aliphatic rings. The number of amides is 2. The monoisotopic (exact) mass is 240 g/mol. The van der Waals surface area contributed by atoms with Gasteiger partial charge >= 0.3 is 5.97 Å². The smallest absolute Gasteiger partial charge is 0.308 e. The molecule has 2 amide bonds. The number of carbonyl (C=O) groups excluding carboxylic acids is 2. The molecule has 0 bridgehead atoms. The number of carboxylic acids is 1. The molecule has 0 spiro atoms. The Hall–Kier alpha value is -1.43.